The molecule has 0 fully saturated rings. The van der Waals surface area contributed by atoms with Crippen molar-refractivity contribution >= 4 is 33.2 Å². The molecule has 1 N–H and O–H groups in total. The number of halogens is 2. The highest BCUT2D eigenvalue weighted by molar-refractivity contribution is 7.89. The first-order valence-corrected chi connectivity index (χ1v) is 8.22. The maximum Gasteiger partial charge on any atom is 0.212 e. The molecule has 0 saturated carbocycles. The van der Waals surface area contributed by atoms with Crippen molar-refractivity contribution in [1.29, 1.82) is 0 Å². The zero-order valence-corrected chi connectivity index (χ0v) is 12.7. The van der Waals surface area contributed by atoms with Gasteiger partial charge in [0, 0.05) is 16.9 Å². The van der Waals surface area contributed by atoms with Crippen molar-refractivity contribution in [1.82, 2.24) is 4.72 Å². The Bertz CT molecular complexity index is 491. The zero-order chi connectivity index (χ0) is 13.8. The van der Waals surface area contributed by atoms with Crippen LogP contribution < -0.4 is 4.72 Å². The zero-order valence-electron chi connectivity index (χ0n) is 10.4. The molecule has 2 atom stereocenters. The van der Waals surface area contributed by atoms with Crippen LogP contribution in [0.15, 0.2) is 24.3 Å². The Morgan fingerprint density at radius 2 is 2.00 bits per heavy atom. The highest BCUT2D eigenvalue weighted by Crippen LogP contribution is 2.18. The van der Waals surface area contributed by atoms with Gasteiger partial charge in [-0.1, -0.05) is 30.7 Å². The molecule has 0 radical (unpaired) electrons. The van der Waals surface area contributed by atoms with Crippen molar-refractivity contribution in [3.63, 3.8) is 0 Å². The van der Waals surface area contributed by atoms with Crippen LogP contribution in [-0.4, -0.2) is 20.1 Å². The molecule has 3 nitrogen and oxygen atoms in total. The molecule has 0 bridgehead atoms. The standard InChI is InChI=1S/C12H17Cl2NO2S/c1-9(7-13)8-18(16,17)15-10(2)11-4-3-5-12(14)6-11/h3-6,9-10,15H,7-8H2,1-2H3/t9?,10-/m0/s1. The maximum absolute atomic E-state index is 11.9. The maximum atomic E-state index is 11.9. The Morgan fingerprint density at radius 3 is 2.56 bits per heavy atom. The summed E-state index contributed by atoms with van der Waals surface area (Å²) < 4.78 is 26.4. The third-order valence-electron chi connectivity index (χ3n) is 2.47. The van der Waals surface area contributed by atoms with E-state index in [0.717, 1.165) is 5.56 Å². The average molecular weight is 310 g/mol. The molecule has 1 unspecified atom stereocenters. The summed E-state index contributed by atoms with van der Waals surface area (Å²) in [4.78, 5) is 0. The van der Waals surface area contributed by atoms with Gasteiger partial charge in [-0.25, -0.2) is 13.1 Å². The minimum Gasteiger partial charge on any atom is -0.212 e. The molecule has 0 amide bonds. The van der Waals surface area contributed by atoms with Crippen LogP contribution in [-0.2, 0) is 10.0 Å². The molecule has 0 aliphatic carbocycles. The monoisotopic (exact) mass is 309 g/mol. The molecule has 1 aromatic rings. The van der Waals surface area contributed by atoms with Gasteiger partial charge in [-0.15, -0.1) is 11.6 Å². The van der Waals surface area contributed by atoms with Gasteiger partial charge in [0.15, 0.2) is 0 Å². The molecule has 1 aromatic carbocycles. The number of benzene rings is 1. The van der Waals surface area contributed by atoms with E-state index in [1.54, 1.807) is 32.0 Å². The van der Waals surface area contributed by atoms with Gasteiger partial charge >= 0.3 is 0 Å². The first-order valence-electron chi connectivity index (χ1n) is 5.65. The largest absolute Gasteiger partial charge is 0.212 e. The van der Waals surface area contributed by atoms with E-state index < -0.39 is 10.0 Å². The Balaban J connectivity index is 2.72. The van der Waals surface area contributed by atoms with Crippen LogP contribution >= 0.6 is 23.2 Å². The van der Waals surface area contributed by atoms with E-state index in [9.17, 15) is 8.42 Å². The van der Waals surface area contributed by atoms with Crippen molar-refractivity contribution in [3.05, 3.63) is 34.9 Å². The van der Waals surface area contributed by atoms with Gasteiger partial charge in [-0.3, -0.25) is 0 Å². The molecule has 18 heavy (non-hydrogen) atoms. The van der Waals surface area contributed by atoms with E-state index in [-0.39, 0.29) is 17.7 Å². The van der Waals surface area contributed by atoms with Crippen molar-refractivity contribution in [2.45, 2.75) is 19.9 Å². The van der Waals surface area contributed by atoms with Gasteiger partial charge in [-0.05, 0) is 30.5 Å². The van der Waals surface area contributed by atoms with Crippen LogP contribution in [0.3, 0.4) is 0 Å². The SMILES string of the molecule is CC(CCl)CS(=O)(=O)N[C@@H](C)c1cccc(Cl)c1. The second-order valence-corrected chi connectivity index (χ2v) is 6.98. The molecule has 0 saturated heterocycles. The lowest BCUT2D eigenvalue weighted by molar-refractivity contribution is 0.555. The number of rotatable bonds is 6. The van der Waals surface area contributed by atoms with E-state index in [4.69, 9.17) is 23.2 Å². The lowest BCUT2D eigenvalue weighted by Gasteiger charge is -2.16. The fourth-order valence-corrected chi connectivity index (χ4v) is 3.66. The highest BCUT2D eigenvalue weighted by Gasteiger charge is 2.18. The van der Waals surface area contributed by atoms with Crippen LogP contribution in [0.4, 0.5) is 0 Å². The minimum atomic E-state index is -3.33. The van der Waals surface area contributed by atoms with Gasteiger partial charge in [0.25, 0.3) is 0 Å². The smallest absolute Gasteiger partial charge is 0.212 e. The third-order valence-corrected chi connectivity index (χ3v) is 4.95. The van der Waals surface area contributed by atoms with E-state index in [1.165, 1.54) is 0 Å². The predicted octanol–water partition coefficient (Wildman–Crippen LogP) is 3.20. The summed E-state index contributed by atoms with van der Waals surface area (Å²) in [6.07, 6.45) is 0. The summed E-state index contributed by atoms with van der Waals surface area (Å²) in [5, 5.41) is 0.590. The fraction of sp³-hybridized carbons (Fsp3) is 0.500. The second kappa shape index (κ2) is 6.75. The van der Waals surface area contributed by atoms with Crippen molar-refractivity contribution in [2.24, 2.45) is 5.92 Å². The van der Waals surface area contributed by atoms with E-state index in [2.05, 4.69) is 4.72 Å². The van der Waals surface area contributed by atoms with Crippen LogP contribution in [0.2, 0.25) is 5.02 Å². The summed E-state index contributed by atoms with van der Waals surface area (Å²) in [6.45, 7) is 3.59. The molecule has 0 aromatic heterocycles. The molecular weight excluding hydrogens is 293 g/mol. The van der Waals surface area contributed by atoms with Gasteiger partial charge in [0.05, 0.1) is 5.75 Å². The van der Waals surface area contributed by atoms with Crippen molar-refractivity contribution < 1.29 is 8.42 Å². The number of nitrogens with one attached hydrogen (secondary N) is 1. The fourth-order valence-electron chi connectivity index (χ4n) is 1.58. The molecule has 102 valence electrons. The van der Waals surface area contributed by atoms with Crippen LogP contribution in [0, 0.1) is 5.92 Å². The Labute approximate surface area is 119 Å². The van der Waals surface area contributed by atoms with Gasteiger partial charge in [0.2, 0.25) is 10.0 Å². The molecule has 1 rings (SSSR count). The molecule has 0 heterocycles. The second-order valence-electron chi connectivity index (χ2n) is 4.44. The molecule has 0 aliphatic heterocycles. The third kappa shape index (κ3) is 5.14. The quantitative estimate of drug-likeness (QED) is 0.820. The van der Waals surface area contributed by atoms with Gasteiger partial charge < -0.3 is 0 Å². The average Bonchev–Trinajstić information content (AvgIpc) is 2.27. The van der Waals surface area contributed by atoms with Crippen LogP contribution in [0.5, 0.6) is 0 Å². The van der Waals surface area contributed by atoms with Crippen LogP contribution in [0.25, 0.3) is 0 Å². The lowest BCUT2D eigenvalue weighted by Crippen LogP contribution is -2.31. The highest BCUT2D eigenvalue weighted by atomic mass is 35.5. The number of hydrogen-bond donors (Lipinski definition) is 1. The first-order chi connectivity index (χ1) is 8.34. The lowest BCUT2D eigenvalue weighted by atomic mass is 10.1. The summed E-state index contributed by atoms with van der Waals surface area (Å²) in [5.74, 6) is 0.282. The summed E-state index contributed by atoms with van der Waals surface area (Å²) in [5.41, 5.74) is 0.838. The summed E-state index contributed by atoms with van der Waals surface area (Å²) >= 11 is 11.5. The Hall–Kier alpha value is -0.290. The van der Waals surface area contributed by atoms with E-state index >= 15 is 0 Å². The molecule has 0 aliphatic rings. The summed E-state index contributed by atoms with van der Waals surface area (Å²) in [7, 11) is -3.33. The van der Waals surface area contributed by atoms with Crippen molar-refractivity contribution in [3.8, 4) is 0 Å². The Kier molecular flexibility index (Phi) is 5.92. The van der Waals surface area contributed by atoms with E-state index in [0.29, 0.717) is 10.9 Å². The topological polar surface area (TPSA) is 46.2 Å². The predicted molar refractivity (Wildman–Crippen MR) is 76.7 cm³/mol. The first kappa shape index (κ1) is 15.8. The minimum absolute atomic E-state index is 0.0292. The van der Waals surface area contributed by atoms with Crippen molar-refractivity contribution in [2.75, 3.05) is 11.6 Å². The molecule has 0 spiro atoms. The van der Waals surface area contributed by atoms with E-state index in [1.807, 2.05) is 6.07 Å². The normalized spacial score (nSPS) is 15.3. The number of hydrogen-bond acceptors (Lipinski definition) is 2. The van der Waals surface area contributed by atoms with Gasteiger partial charge in [-0.2, -0.15) is 0 Å². The van der Waals surface area contributed by atoms with Gasteiger partial charge in [0.1, 0.15) is 0 Å². The van der Waals surface area contributed by atoms with Crippen LogP contribution in [0.1, 0.15) is 25.5 Å². The Morgan fingerprint density at radius 1 is 1.33 bits per heavy atom. The summed E-state index contributed by atoms with van der Waals surface area (Å²) in [6, 6.07) is 6.83. The molecule has 6 heteroatoms. The number of sulfonamides is 1. The number of alkyl halides is 1. The molecular formula is C12H17Cl2NO2S.